The van der Waals surface area contributed by atoms with Crippen molar-refractivity contribution in [3.63, 3.8) is 0 Å². The highest BCUT2D eigenvalue weighted by atomic mass is 32.2. The molecule has 2 heterocycles. The van der Waals surface area contributed by atoms with E-state index >= 15 is 0 Å². The second kappa shape index (κ2) is 4.92. The minimum absolute atomic E-state index is 0.0172. The number of anilines is 1. The maximum Gasteiger partial charge on any atom is 0.243 e. The number of thiophene rings is 1. The van der Waals surface area contributed by atoms with Crippen LogP contribution in [0.5, 0.6) is 0 Å². The first-order chi connectivity index (χ1) is 8.79. The van der Waals surface area contributed by atoms with Gasteiger partial charge in [-0.2, -0.15) is 5.26 Å². The molecule has 4 nitrogen and oxygen atoms in total. The van der Waals surface area contributed by atoms with Gasteiger partial charge in [0.15, 0.2) is 0 Å². The van der Waals surface area contributed by atoms with Gasteiger partial charge in [0.25, 0.3) is 0 Å². The van der Waals surface area contributed by atoms with E-state index in [0.717, 1.165) is 41.5 Å². The van der Waals surface area contributed by atoms with Crippen LogP contribution in [-0.2, 0) is 17.6 Å². The maximum absolute atomic E-state index is 12.0. The molecule has 1 saturated heterocycles. The number of nitriles is 1. The molecule has 0 radical (unpaired) electrons. The first-order valence-electron chi connectivity index (χ1n) is 5.96. The summed E-state index contributed by atoms with van der Waals surface area (Å²) in [6.45, 7) is 0. The van der Waals surface area contributed by atoms with Gasteiger partial charge in [-0.3, -0.25) is 10.1 Å². The van der Waals surface area contributed by atoms with Crippen molar-refractivity contribution < 1.29 is 4.79 Å². The second-order valence-electron chi connectivity index (χ2n) is 4.43. The molecule has 1 unspecified atom stereocenters. The third kappa shape index (κ3) is 2.03. The van der Waals surface area contributed by atoms with Crippen molar-refractivity contribution in [1.82, 2.24) is 5.32 Å². The molecule has 2 aliphatic rings. The minimum Gasteiger partial charge on any atom is -0.315 e. The monoisotopic (exact) mass is 279 g/mol. The maximum atomic E-state index is 12.0. The predicted molar refractivity (Wildman–Crippen MR) is 73.9 cm³/mol. The van der Waals surface area contributed by atoms with Gasteiger partial charge in [0, 0.05) is 16.5 Å². The quantitative estimate of drug-likeness (QED) is 0.865. The van der Waals surface area contributed by atoms with Crippen LogP contribution >= 0.6 is 23.1 Å². The molecule has 1 amide bonds. The molecule has 1 aromatic rings. The van der Waals surface area contributed by atoms with Gasteiger partial charge in [0.2, 0.25) is 5.91 Å². The first-order valence-corrected chi connectivity index (χ1v) is 7.93. The van der Waals surface area contributed by atoms with Crippen molar-refractivity contribution in [1.29, 1.82) is 5.26 Å². The topological polar surface area (TPSA) is 64.9 Å². The van der Waals surface area contributed by atoms with Gasteiger partial charge in [-0.25, -0.2) is 0 Å². The highest BCUT2D eigenvalue weighted by Gasteiger charge is 2.27. The van der Waals surface area contributed by atoms with E-state index in [0.29, 0.717) is 5.56 Å². The molecule has 1 fully saturated rings. The van der Waals surface area contributed by atoms with Crippen LogP contribution in [0.3, 0.4) is 0 Å². The SMILES string of the molecule is N#Cc1c(NC(=O)C2CSCN2)sc2c1CCC2. The van der Waals surface area contributed by atoms with Crippen LogP contribution in [-0.4, -0.2) is 23.6 Å². The zero-order valence-corrected chi connectivity index (χ0v) is 11.4. The normalized spacial score (nSPS) is 21.6. The summed E-state index contributed by atoms with van der Waals surface area (Å²) < 4.78 is 0. The van der Waals surface area contributed by atoms with Gasteiger partial charge in [0.1, 0.15) is 11.1 Å². The van der Waals surface area contributed by atoms with Gasteiger partial charge in [0.05, 0.1) is 11.6 Å². The number of rotatable bonds is 2. The van der Waals surface area contributed by atoms with Crippen molar-refractivity contribution in [2.75, 3.05) is 16.9 Å². The van der Waals surface area contributed by atoms with E-state index in [1.807, 2.05) is 0 Å². The Balaban J connectivity index is 1.81. The van der Waals surface area contributed by atoms with Crippen LogP contribution in [0.2, 0.25) is 0 Å². The zero-order valence-electron chi connectivity index (χ0n) is 9.78. The largest absolute Gasteiger partial charge is 0.315 e. The molecule has 0 spiro atoms. The molecule has 0 saturated carbocycles. The summed E-state index contributed by atoms with van der Waals surface area (Å²) in [7, 11) is 0. The van der Waals surface area contributed by atoms with Crippen LogP contribution in [0.15, 0.2) is 0 Å². The van der Waals surface area contributed by atoms with E-state index < -0.39 is 0 Å². The van der Waals surface area contributed by atoms with Gasteiger partial charge in [-0.15, -0.1) is 23.1 Å². The van der Waals surface area contributed by atoms with Crippen molar-refractivity contribution >= 4 is 34.0 Å². The Morgan fingerprint density at radius 2 is 2.39 bits per heavy atom. The fraction of sp³-hybridized carbons (Fsp3) is 0.500. The number of nitrogens with one attached hydrogen (secondary N) is 2. The van der Waals surface area contributed by atoms with Crippen LogP contribution < -0.4 is 10.6 Å². The smallest absolute Gasteiger partial charge is 0.243 e. The van der Waals surface area contributed by atoms with Crippen LogP contribution in [0.4, 0.5) is 5.00 Å². The number of carbonyl (C=O) groups excluding carboxylic acids is 1. The number of hydrogen-bond acceptors (Lipinski definition) is 5. The van der Waals surface area contributed by atoms with Crippen LogP contribution in [0.25, 0.3) is 0 Å². The fourth-order valence-corrected chi connectivity index (χ4v) is 4.56. The lowest BCUT2D eigenvalue weighted by molar-refractivity contribution is -0.117. The molecule has 0 bridgehead atoms. The first kappa shape index (κ1) is 12.0. The molecule has 3 rings (SSSR count). The Hall–Kier alpha value is -1.03. The van der Waals surface area contributed by atoms with Crippen molar-refractivity contribution in [2.45, 2.75) is 25.3 Å². The van der Waals surface area contributed by atoms with Gasteiger partial charge < -0.3 is 5.32 Å². The Kier molecular flexibility index (Phi) is 3.29. The number of fused-ring (bicyclic) bond motifs is 1. The third-order valence-electron chi connectivity index (χ3n) is 3.30. The molecule has 94 valence electrons. The lowest BCUT2D eigenvalue weighted by Gasteiger charge is -2.09. The molecule has 0 aromatic carbocycles. The Bertz CT molecular complexity index is 526. The Labute approximate surface area is 114 Å². The number of amides is 1. The van der Waals surface area contributed by atoms with Crippen molar-refractivity contribution in [2.24, 2.45) is 0 Å². The summed E-state index contributed by atoms with van der Waals surface area (Å²) >= 11 is 3.29. The highest BCUT2D eigenvalue weighted by Crippen LogP contribution is 2.38. The summed E-state index contributed by atoms with van der Waals surface area (Å²) in [5.74, 6) is 1.61. The molecule has 1 atom stereocenters. The minimum atomic E-state index is -0.126. The van der Waals surface area contributed by atoms with Gasteiger partial charge in [-0.1, -0.05) is 0 Å². The predicted octanol–water partition coefficient (Wildman–Crippen LogP) is 1.71. The molecule has 1 aliphatic heterocycles. The van der Waals surface area contributed by atoms with Crippen molar-refractivity contribution in [3.8, 4) is 6.07 Å². The molecule has 6 heteroatoms. The average molecular weight is 279 g/mol. The van der Waals surface area contributed by atoms with Crippen LogP contribution in [0, 0.1) is 11.3 Å². The van der Waals surface area contributed by atoms with Gasteiger partial charge in [-0.05, 0) is 24.8 Å². The molecular formula is C12H13N3OS2. The summed E-state index contributed by atoms with van der Waals surface area (Å²) in [5, 5.41) is 16.0. The second-order valence-corrected chi connectivity index (χ2v) is 6.57. The number of nitrogens with zero attached hydrogens (tertiary/aromatic N) is 1. The average Bonchev–Trinajstić information content (AvgIpc) is 3.04. The van der Waals surface area contributed by atoms with E-state index in [-0.39, 0.29) is 11.9 Å². The van der Waals surface area contributed by atoms with E-state index in [4.69, 9.17) is 0 Å². The van der Waals surface area contributed by atoms with Crippen molar-refractivity contribution in [3.05, 3.63) is 16.0 Å². The summed E-state index contributed by atoms with van der Waals surface area (Å²) in [4.78, 5) is 13.3. The third-order valence-corrected chi connectivity index (χ3v) is 5.45. The molecule has 1 aromatic heterocycles. The van der Waals surface area contributed by atoms with E-state index in [1.54, 1.807) is 23.1 Å². The summed E-state index contributed by atoms with van der Waals surface area (Å²) in [6.07, 6.45) is 3.15. The zero-order chi connectivity index (χ0) is 12.5. The lowest BCUT2D eigenvalue weighted by atomic mass is 10.1. The molecular weight excluding hydrogens is 266 g/mol. The number of thioether (sulfide) groups is 1. The fourth-order valence-electron chi connectivity index (χ4n) is 2.37. The van der Waals surface area contributed by atoms with Crippen LogP contribution in [0.1, 0.15) is 22.4 Å². The van der Waals surface area contributed by atoms with E-state index in [1.165, 1.54) is 4.88 Å². The standard InChI is InChI=1S/C12H13N3OS2/c13-4-8-7-2-1-3-10(7)18-12(8)15-11(16)9-5-17-6-14-9/h9,14H,1-3,5-6H2,(H,15,16). The van der Waals surface area contributed by atoms with Gasteiger partial charge >= 0.3 is 0 Å². The van der Waals surface area contributed by atoms with E-state index in [2.05, 4.69) is 16.7 Å². The number of hydrogen-bond donors (Lipinski definition) is 2. The summed E-state index contributed by atoms with van der Waals surface area (Å²) in [5.41, 5.74) is 1.85. The Morgan fingerprint density at radius 1 is 1.50 bits per heavy atom. The molecule has 2 N–H and O–H groups in total. The summed E-state index contributed by atoms with van der Waals surface area (Å²) in [6, 6.07) is 2.12. The Morgan fingerprint density at radius 3 is 3.11 bits per heavy atom. The molecule has 18 heavy (non-hydrogen) atoms. The van der Waals surface area contributed by atoms with E-state index in [9.17, 15) is 10.1 Å². The number of aryl methyl sites for hydroxylation is 1. The molecule has 1 aliphatic carbocycles. The number of carbonyl (C=O) groups is 1. The lowest BCUT2D eigenvalue weighted by Crippen LogP contribution is -2.37. The highest BCUT2D eigenvalue weighted by molar-refractivity contribution is 7.99.